The quantitative estimate of drug-likeness (QED) is 0.112. The number of hydrogen-bond acceptors (Lipinski definition) is 9. The van der Waals surface area contributed by atoms with Gasteiger partial charge in [0.25, 0.3) is 11.9 Å². The molecule has 46 heavy (non-hydrogen) atoms. The number of likely N-dealkylation sites (tertiary alicyclic amines) is 1. The molecule has 3 aromatic heterocycles. The number of fused-ring (bicyclic) bond motifs is 2. The Morgan fingerprint density at radius 2 is 1.61 bits per heavy atom. The number of ether oxygens (including phenoxy) is 1. The van der Waals surface area contributed by atoms with Crippen LogP contribution in [0.25, 0.3) is 27.8 Å². The van der Waals surface area contributed by atoms with Crippen molar-refractivity contribution in [3.8, 4) is 5.95 Å². The van der Waals surface area contributed by atoms with Gasteiger partial charge in [0.2, 0.25) is 5.89 Å². The number of carbonyl (C=O) groups excluding carboxylic acids is 1. The molecule has 0 radical (unpaired) electrons. The van der Waals surface area contributed by atoms with Crippen molar-refractivity contribution in [2.24, 2.45) is 10.9 Å². The van der Waals surface area contributed by atoms with Gasteiger partial charge in [-0.25, -0.2) is 13.6 Å². The minimum absolute atomic E-state index is 0.0501. The monoisotopic (exact) mass is 637 g/mol. The standard InChI is InChI=1S/C21H26FN5O3.C10H11FN4O/c1-5-16-15-7-6-14(22)12-17(15)27(24-16)19-23-18(30-25-19)13-8-10-26(11-9-13)20(28)29-21(2,3)4;1-2-8-7-4-3-6(11)5-9(7)15(13-8)10(12)14-16/h6-7,12-13H,5,8-11H2,1-4H3;3-5,16H,2H2,1H3,(H2,12,14). The Balaban J connectivity index is 0.000000219. The smallest absolute Gasteiger partial charge is 0.410 e. The lowest BCUT2D eigenvalue weighted by atomic mass is 9.97. The van der Waals surface area contributed by atoms with Crippen molar-refractivity contribution in [2.75, 3.05) is 13.1 Å². The fourth-order valence-electron chi connectivity index (χ4n) is 5.31. The maximum atomic E-state index is 13.8. The number of rotatable bonds is 4. The number of carbonyl (C=O) groups is 1. The molecule has 15 heteroatoms. The number of amides is 1. The zero-order chi connectivity index (χ0) is 33.2. The Morgan fingerprint density at radius 3 is 2.20 bits per heavy atom. The van der Waals surface area contributed by atoms with Gasteiger partial charge in [-0.05, 0) is 81.0 Å². The van der Waals surface area contributed by atoms with E-state index >= 15 is 0 Å². The van der Waals surface area contributed by atoms with Crippen LogP contribution in [-0.4, -0.2) is 70.6 Å². The van der Waals surface area contributed by atoms with Gasteiger partial charge in [-0.1, -0.05) is 13.8 Å². The molecule has 1 aliphatic heterocycles. The molecule has 1 fully saturated rings. The highest BCUT2D eigenvalue weighted by atomic mass is 19.1. The van der Waals surface area contributed by atoms with Crippen LogP contribution in [-0.2, 0) is 17.6 Å². The van der Waals surface area contributed by atoms with E-state index in [1.165, 1.54) is 33.6 Å². The number of aryl methyl sites for hydroxylation is 2. The first-order valence-electron chi connectivity index (χ1n) is 15.1. The number of hydrogen-bond donors (Lipinski definition) is 2. The number of nitrogens with two attached hydrogens (primary N) is 1. The first-order valence-corrected chi connectivity index (χ1v) is 15.1. The largest absolute Gasteiger partial charge is 0.444 e. The minimum atomic E-state index is -0.515. The van der Waals surface area contributed by atoms with Crippen LogP contribution in [0.2, 0.25) is 0 Å². The summed E-state index contributed by atoms with van der Waals surface area (Å²) in [7, 11) is 0. The predicted molar refractivity (Wildman–Crippen MR) is 166 cm³/mol. The molecule has 244 valence electrons. The van der Waals surface area contributed by atoms with Crippen molar-refractivity contribution in [3.05, 3.63) is 65.3 Å². The lowest BCUT2D eigenvalue weighted by molar-refractivity contribution is 0.0198. The molecule has 0 atom stereocenters. The van der Waals surface area contributed by atoms with E-state index < -0.39 is 5.60 Å². The number of oxime groups is 1. The molecule has 1 saturated heterocycles. The summed E-state index contributed by atoms with van der Waals surface area (Å²) in [6, 6.07) is 8.88. The highest BCUT2D eigenvalue weighted by Gasteiger charge is 2.30. The second kappa shape index (κ2) is 13.1. The van der Waals surface area contributed by atoms with Gasteiger partial charge in [0.15, 0.2) is 0 Å². The fourth-order valence-corrected chi connectivity index (χ4v) is 5.31. The molecule has 4 heterocycles. The van der Waals surface area contributed by atoms with Crippen LogP contribution in [0.4, 0.5) is 13.6 Å². The summed E-state index contributed by atoms with van der Waals surface area (Å²) in [4.78, 5) is 18.5. The third-order valence-corrected chi connectivity index (χ3v) is 7.54. The Morgan fingerprint density at radius 1 is 1.02 bits per heavy atom. The molecular weight excluding hydrogens is 600 g/mol. The van der Waals surface area contributed by atoms with E-state index in [1.54, 1.807) is 17.0 Å². The van der Waals surface area contributed by atoms with Gasteiger partial charge in [-0.15, -0.1) is 0 Å². The van der Waals surface area contributed by atoms with Crippen molar-refractivity contribution < 1.29 is 28.0 Å². The van der Waals surface area contributed by atoms with Crippen molar-refractivity contribution in [3.63, 3.8) is 0 Å². The minimum Gasteiger partial charge on any atom is -0.444 e. The maximum Gasteiger partial charge on any atom is 0.410 e. The van der Waals surface area contributed by atoms with E-state index in [4.69, 9.17) is 20.2 Å². The van der Waals surface area contributed by atoms with Gasteiger partial charge in [0.05, 0.1) is 22.4 Å². The molecule has 13 nitrogen and oxygen atoms in total. The van der Waals surface area contributed by atoms with Crippen molar-refractivity contribution in [2.45, 2.75) is 71.8 Å². The van der Waals surface area contributed by atoms with E-state index in [1.807, 2.05) is 34.6 Å². The lowest BCUT2D eigenvalue weighted by Crippen LogP contribution is -2.41. The average molecular weight is 638 g/mol. The number of halogens is 2. The van der Waals surface area contributed by atoms with Crippen LogP contribution in [0, 0.1) is 11.6 Å². The summed E-state index contributed by atoms with van der Waals surface area (Å²) in [5, 5.41) is 25.9. The summed E-state index contributed by atoms with van der Waals surface area (Å²) in [5.41, 5.74) is 7.67. The van der Waals surface area contributed by atoms with E-state index in [2.05, 4.69) is 25.5 Å². The highest BCUT2D eigenvalue weighted by Crippen LogP contribution is 2.29. The summed E-state index contributed by atoms with van der Waals surface area (Å²) >= 11 is 0. The Bertz CT molecular complexity index is 1880. The molecule has 0 unspecified atom stereocenters. The zero-order valence-electron chi connectivity index (χ0n) is 26.4. The SMILES string of the molecule is CCc1nn(-c2noc(C3CCN(C(=O)OC(C)(C)C)CC3)n2)c2cc(F)ccc12.CCc1nn(/C(N)=N\O)c2cc(F)ccc12. The number of aromatic nitrogens is 6. The Labute approximate surface area is 263 Å². The third-order valence-electron chi connectivity index (χ3n) is 7.54. The summed E-state index contributed by atoms with van der Waals surface area (Å²) < 4.78 is 40.6. The van der Waals surface area contributed by atoms with Gasteiger partial charge in [0.1, 0.15) is 17.2 Å². The second-order valence-electron chi connectivity index (χ2n) is 11.9. The Kier molecular flexibility index (Phi) is 9.21. The molecule has 1 aliphatic rings. The molecular formula is C31H37F2N9O4. The van der Waals surface area contributed by atoms with E-state index in [-0.39, 0.29) is 35.6 Å². The van der Waals surface area contributed by atoms with Crippen LogP contribution in [0.3, 0.4) is 0 Å². The number of benzene rings is 2. The van der Waals surface area contributed by atoms with Crippen LogP contribution in [0.1, 0.15) is 70.7 Å². The molecule has 6 rings (SSSR count). The van der Waals surface area contributed by atoms with Crippen molar-refractivity contribution in [1.29, 1.82) is 0 Å². The second-order valence-corrected chi connectivity index (χ2v) is 11.9. The molecule has 5 aromatic rings. The zero-order valence-corrected chi connectivity index (χ0v) is 26.4. The summed E-state index contributed by atoms with van der Waals surface area (Å²) in [6.45, 7) is 10.6. The molecule has 0 bridgehead atoms. The van der Waals surface area contributed by atoms with Gasteiger partial charge in [0, 0.05) is 41.9 Å². The van der Waals surface area contributed by atoms with Gasteiger partial charge in [-0.3, -0.25) is 0 Å². The van der Waals surface area contributed by atoms with Crippen molar-refractivity contribution in [1.82, 2.24) is 34.6 Å². The Hall–Kier alpha value is -5.08. The summed E-state index contributed by atoms with van der Waals surface area (Å²) in [6.07, 6.45) is 2.51. The highest BCUT2D eigenvalue weighted by molar-refractivity contribution is 5.93. The normalized spacial score (nSPS) is 14.5. The fraction of sp³-hybridized carbons (Fsp3) is 0.419. The molecule has 0 spiro atoms. The van der Waals surface area contributed by atoms with Gasteiger partial charge >= 0.3 is 6.09 Å². The molecule has 0 aliphatic carbocycles. The molecule has 2 aromatic carbocycles. The molecule has 0 saturated carbocycles. The van der Waals surface area contributed by atoms with E-state index in [0.29, 0.717) is 55.7 Å². The van der Waals surface area contributed by atoms with Crippen LogP contribution in [0.5, 0.6) is 0 Å². The van der Waals surface area contributed by atoms with Gasteiger partial charge in [-0.2, -0.15) is 24.5 Å². The summed E-state index contributed by atoms with van der Waals surface area (Å²) in [5.74, 6) is -0.0714. The van der Waals surface area contributed by atoms with Crippen LogP contribution >= 0.6 is 0 Å². The van der Waals surface area contributed by atoms with Crippen LogP contribution in [0.15, 0.2) is 46.1 Å². The van der Waals surface area contributed by atoms with Crippen LogP contribution < -0.4 is 5.73 Å². The molecule has 3 N–H and O–H groups in total. The number of nitrogens with zero attached hydrogens (tertiary/aromatic N) is 8. The lowest BCUT2D eigenvalue weighted by Gasteiger charge is -2.32. The van der Waals surface area contributed by atoms with Crippen molar-refractivity contribution >= 4 is 33.9 Å². The predicted octanol–water partition coefficient (Wildman–Crippen LogP) is 5.51. The van der Waals surface area contributed by atoms with Gasteiger partial charge < -0.3 is 25.1 Å². The van der Waals surface area contributed by atoms with E-state index in [0.717, 1.165) is 22.2 Å². The third kappa shape index (κ3) is 6.77. The first kappa shape index (κ1) is 32.3. The topological polar surface area (TPSA) is 163 Å². The maximum absolute atomic E-state index is 13.8. The average Bonchev–Trinajstić information content (AvgIpc) is 3.75. The molecule has 1 amide bonds. The number of piperidine rings is 1. The van der Waals surface area contributed by atoms with E-state index in [9.17, 15) is 13.6 Å². The first-order chi connectivity index (χ1) is 21.9.